The predicted octanol–water partition coefficient (Wildman–Crippen LogP) is 4.93. The maximum atomic E-state index is 13.0. The average molecular weight is 473 g/mol. The van der Waals surface area contributed by atoms with E-state index in [4.69, 9.17) is 0 Å². The van der Waals surface area contributed by atoms with E-state index in [0.717, 1.165) is 43.3 Å². The first-order valence-electron chi connectivity index (χ1n) is 11.5. The topological polar surface area (TPSA) is 76.0 Å². The number of carbonyl (C=O) groups excluding carboxylic acids is 2. The van der Waals surface area contributed by atoms with Crippen molar-refractivity contribution in [3.63, 3.8) is 0 Å². The monoisotopic (exact) mass is 472 g/mol. The SMILES string of the molecule is O=C(Cn1c(CCNC(=O)C2CCCCC2)nc2ccccc21)Nc1cccc(C(F)(F)F)c1. The predicted molar refractivity (Wildman–Crippen MR) is 123 cm³/mol. The summed E-state index contributed by atoms with van der Waals surface area (Å²) in [6.45, 7) is 0.288. The molecule has 2 N–H and O–H groups in total. The van der Waals surface area contributed by atoms with Gasteiger partial charge in [-0.1, -0.05) is 37.5 Å². The normalized spacial score (nSPS) is 14.8. The Hall–Kier alpha value is -3.36. The minimum Gasteiger partial charge on any atom is -0.355 e. The van der Waals surface area contributed by atoms with Crippen LogP contribution >= 0.6 is 0 Å². The molecule has 3 aromatic rings. The average Bonchev–Trinajstić information content (AvgIpc) is 3.16. The molecule has 2 amide bonds. The van der Waals surface area contributed by atoms with E-state index in [0.29, 0.717) is 24.3 Å². The molecule has 0 saturated heterocycles. The number of imidazole rings is 1. The summed E-state index contributed by atoms with van der Waals surface area (Å²) in [6, 6.07) is 11.9. The fraction of sp³-hybridized carbons (Fsp3) is 0.400. The van der Waals surface area contributed by atoms with Crippen molar-refractivity contribution in [3.8, 4) is 0 Å². The molecule has 180 valence electrons. The van der Waals surface area contributed by atoms with Crippen molar-refractivity contribution in [3.05, 3.63) is 59.9 Å². The van der Waals surface area contributed by atoms with Gasteiger partial charge in [-0.15, -0.1) is 0 Å². The molecule has 0 aliphatic heterocycles. The number of halogens is 3. The summed E-state index contributed by atoms with van der Waals surface area (Å²) >= 11 is 0. The van der Waals surface area contributed by atoms with Gasteiger partial charge in [-0.05, 0) is 43.2 Å². The summed E-state index contributed by atoms with van der Waals surface area (Å²) in [6.07, 6.45) is 1.11. The van der Waals surface area contributed by atoms with Crippen LogP contribution in [0, 0.1) is 5.92 Å². The zero-order valence-corrected chi connectivity index (χ0v) is 18.7. The number of hydrogen-bond donors (Lipinski definition) is 2. The molecule has 1 fully saturated rings. The van der Waals surface area contributed by atoms with Gasteiger partial charge in [-0.25, -0.2) is 4.98 Å². The molecule has 0 bridgehead atoms. The van der Waals surface area contributed by atoms with Crippen LogP contribution in [0.15, 0.2) is 48.5 Å². The summed E-state index contributed by atoms with van der Waals surface area (Å²) in [5, 5.41) is 5.53. The molecule has 1 heterocycles. The van der Waals surface area contributed by atoms with Crippen LogP contribution in [0.3, 0.4) is 0 Å². The Morgan fingerprint density at radius 3 is 2.56 bits per heavy atom. The van der Waals surface area contributed by atoms with Gasteiger partial charge in [0, 0.05) is 24.6 Å². The van der Waals surface area contributed by atoms with E-state index >= 15 is 0 Å². The number of benzene rings is 2. The van der Waals surface area contributed by atoms with Gasteiger partial charge < -0.3 is 15.2 Å². The molecule has 0 atom stereocenters. The van der Waals surface area contributed by atoms with E-state index in [2.05, 4.69) is 15.6 Å². The highest BCUT2D eigenvalue weighted by Crippen LogP contribution is 2.30. The van der Waals surface area contributed by atoms with Gasteiger partial charge in [0.1, 0.15) is 12.4 Å². The number of nitrogens with zero attached hydrogens (tertiary/aromatic N) is 2. The quantitative estimate of drug-likeness (QED) is 0.512. The highest BCUT2D eigenvalue weighted by Gasteiger charge is 2.30. The van der Waals surface area contributed by atoms with E-state index in [1.807, 2.05) is 24.3 Å². The van der Waals surface area contributed by atoms with Crippen molar-refractivity contribution in [2.24, 2.45) is 5.92 Å². The summed E-state index contributed by atoms with van der Waals surface area (Å²) < 4.78 is 40.7. The van der Waals surface area contributed by atoms with Crippen molar-refractivity contribution in [2.75, 3.05) is 11.9 Å². The fourth-order valence-electron chi connectivity index (χ4n) is 4.42. The second kappa shape index (κ2) is 10.3. The van der Waals surface area contributed by atoms with Crippen LogP contribution in [0.2, 0.25) is 0 Å². The molecule has 9 heteroatoms. The first-order chi connectivity index (χ1) is 16.3. The number of nitrogens with one attached hydrogen (secondary N) is 2. The van der Waals surface area contributed by atoms with Crippen LogP contribution in [-0.2, 0) is 28.7 Å². The molecule has 2 aromatic carbocycles. The molecule has 34 heavy (non-hydrogen) atoms. The largest absolute Gasteiger partial charge is 0.416 e. The number of rotatable bonds is 7. The molecule has 0 radical (unpaired) electrons. The summed E-state index contributed by atoms with van der Waals surface area (Å²) in [5.41, 5.74) is 0.705. The number of para-hydroxylation sites is 2. The minimum atomic E-state index is -4.49. The molecular weight excluding hydrogens is 445 g/mol. The van der Waals surface area contributed by atoms with Crippen molar-refractivity contribution >= 4 is 28.5 Å². The smallest absolute Gasteiger partial charge is 0.355 e. The third-order valence-electron chi connectivity index (χ3n) is 6.13. The minimum absolute atomic E-state index is 0.0599. The third kappa shape index (κ3) is 5.76. The number of alkyl halides is 3. The lowest BCUT2D eigenvalue weighted by Crippen LogP contribution is -2.33. The molecule has 0 unspecified atom stereocenters. The van der Waals surface area contributed by atoms with Crippen molar-refractivity contribution in [1.82, 2.24) is 14.9 Å². The first kappa shape index (κ1) is 23.8. The number of aromatic nitrogens is 2. The summed E-state index contributed by atoms with van der Waals surface area (Å²) in [4.78, 5) is 29.8. The van der Waals surface area contributed by atoms with Crippen molar-refractivity contribution in [2.45, 2.75) is 51.2 Å². The lowest BCUT2D eigenvalue weighted by Gasteiger charge is -2.20. The van der Waals surface area contributed by atoms with E-state index in [-0.39, 0.29) is 24.1 Å². The summed E-state index contributed by atoms with van der Waals surface area (Å²) in [5.74, 6) is 0.287. The van der Waals surface area contributed by atoms with Gasteiger partial charge in [0.05, 0.1) is 16.6 Å². The van der Waals surface area contributed by atoms with Crippen molar-refractivity contribution < 1.29 is 22.8 Å². The Bertz CT molecular complexity index is 1170. The van der Waals surface area contributed by atoms with Crippen LogP contribution in [0.4, 0.5) is 18.9 Å². The van der Waals surface area contributed by atoms with Crippen LogP contribution in [0.25, 0.3) is 11.0 Å². The first-order valence-corrected chi connectivity index (χ1v) is 11.5. The molecule has 4 rings (SSSR count). The van der Waals surface area contributed by atoms with Crippen LogP contribution in [0.1, 0.15) is 43.5 Å². The van der Waals surface area contributed by atoms with Crippen LogP contribution in [-0.4, -0.2) is 27.9 Å². The number of fused-ring (bicyclic) bond motifs is 1. The second-order valence-electron chi connectivity index (χ2n) is 8.61. The van der Waals surface area contributed by atoms with E-state index in [1.165, 1.54) is 18.6 Å². The Labute approximate surface area is 195 Å². The van der Waals surface area contributed by atoms with Gasteiger partial charge in [0.2, 0.25) is 11.8 Å². The second-order valence-corrected chi connectivity index (χ2v) is 8.61. The Morgan fingerprint density at radius 1 is 1.03 bits per heavy atom. The van der Waals surface area contributed by atoms with Crippen LogP contribution in [0.5, 0.6) is 0 Å². The van der Waals surface area contributed by atoms with E-state index in [1.54, 1.807) is 4.57 Å². The highest BCUT2D eigenvalue weighted by molar-refractivity contribution is 5.91. The zero-order valence-electron chi connectivity index (χ0n) is 18.7. The molecule has 0 spiro atoms. The molecule has 1 aliphatic carbocycles. The Morgan fingerprint density at radius 2 is 1.79 bits per heavy atom. The third-order valence-corrected chi connectivity index (χ3v) is 6.13. The molecule has 1 aliphatic rings. The van der Waals surface area contributed by atoms with Crippen LogP contribution < -0.4 is 10.6 Å². The fourth-order valence-corrected chi connectivity index (χ4v) is 4.42. The Balaban J connectivity index is 1.44. The Kier molecular flexibility index (Phi) is 7.19. The maximum absolute atomic E-state index is 13.0. The van der Waals surface area contributed by atoms with Gasteiger partial charge in [0.15, 0.2) is 0 Å². The number of hydrogen-bond acceptors (Lipinski definition) is 3. The van der Waals surface area contributed by atoms with E-state index in [9.17, 15) is 22.8 Å². The van der Waals surface area contributed by atoms with E-state index < -0.39 is 17.6 Å². The molecule has 1 saturated carbocycles. The standard InChI is InChI=1S/C25H27F3N4O2/c26-25(27,28)18-9-6-10-19(15-18)30-23(33)16-32-21-12-5-4-11-20(21)31-22(32)13-14-29-24(34)17-7-2-1-3-8-17/h4-6,9-12,15,17H,1-3,7-8,13-14,16H2,(H,29,34)(H,30,33). The van der Waals surface area contributed by atoms with Gasteiger partial charge in [0.25, 0.3) is 0 Å². The van der Waals surface area contributed by atoms with Gasteiger partial charge in [-0.3, -0.25) is 9.59 Å². The van der Waals surface area contributed by atoms with Gasteiger partial charge in [-0.2, -0.15) is 13.2 Å². The zero-order chi connectivity index (χ0) is 24.1. The van der Waals surface area contributed by atoms with Gasteiger partial charge >= 0.3 is 6.18 Å². The summed E-state index contributed by atoms with van der Waals surface area (Å²) in [7, 11) is 0. The lowest BCUT2D eigenvalue weighted by atomic mass is 9.89. The number of carbonyl (C=O) groups is 2. The highest BCUT2D eigenvalue weighted by atomic mass is 19.4. The maximum Gasteiger partial charge on any atom is 0.416 e. The van der Waals surface area contributed by atoms with Crippen molar-refractivity contribution in [1.29, 1.82) is 0 Å². The number of amides is 2. The number of anilines is 1. The molecule has 6 nitrogen and oxygen atoms in total. The molecular formula is C25H27F3N4O2. The lowest BCUT2D eigenvalue weighted by molar-refractivity contribution is -0.137. The molecule has 1 aromatic heterocycles.